The molecule has 1 aliphatic rings. The molecule has 3 N–H and O–H groups in total. The van der Waals surface area contributed by atoms with E-state index in [9.17, 15) is 13.9 Å². The van der Waals surface area contributed by atoms with Gasteiger partial charge < -0.3 is 25.3 Å². The highest BCUT2D eigenvalue weighted by Gasteiger charge is 2.37. The van der Waals surface area contributed by atoms with Crippen molar-refractivity contribution in [3.8, 4) is 5.69 Å². The van der Waals surface area contributed by atoms with Crippen LogP contribution in [0.4, 0.5) is 8.78 Å². The minimum Gasteiger partial charge on any atom is -0.388 e. The van der Waals surface area contributed by atoms with Gasteiger partial charge in [0.15, 0.2) is 17.5 Å². The topological polar surface area (TPSA) is 105 Å². The molecule has 0 aliphatic carbocycles. The van der Waals surface area contributed by atoms with Gasteiger partial charge in [0.2, 0.25) is 0 Å². The first-order valence-corrected chi connectivity index (χ1v) is 12.6. The van der Waals surface area contributed by atoms with E-state index in [4.69, 9.17) is 38.1 Å². The highest BCUT2D eigenvalue weighted by molar-refractivity contribution is 6.31. The summed E-state index contributed by atoms with van der Waals surface area (Å²) in [6.45, 7) is 5.80. The van der Waals surface area contributed by atoms with Gasteiger partial charge in [0.1, 0.15) is 24.1 Å². The maximum absolute atomic E-state index is 14.4. The lowest BCUT2D eigenvalue weighted by Gasteiger charge is -2.37. The molecule has 12 heteroatoms. The number of halogens is 4. The first-order chi connectivity index (χ1) is 18.1. The van der Waals surface area contributed by atoms with E-state index in [0.717, 1.165) is 11.8 Å². The van der Waals surface area contributed by atoms with E-state index in [1.165, 1.54) is 18.3 Å². The second kappa shape index (κ2) is 11.9. The first kappa shape index (κ1) is 28.1. The van der Waals surface area contributed by atoms with Gasteiger partial charge in [-0.2, -0.15) is 5.10 Å². The molecule has 1 saturated heterocycles. The molecule has 4 rings (SSSR count). The van der Waals surface area contributed by atoms with Crippen molar-refractivity contribution in [3.63, 3.8) is 0 Å². The van der Waals surface area contributed by atoms with Crippen LogP contribution in [0, 0.1) is 30.9 Å². The van der Waals surface area contributed by atoms with Crippen LogP contribution in [0.15, 0.2) is 36.5 Å². The molecular formula is C26H27Cl2F2N5O3. The summed E-state index contributed by atoms with van der Waals surface area (Å²) in [5.74, 6) is -1.54. The maximum Gasteiger partial charge on any atom is 0.178 e. The SMILES string of the molecule is Cc1nc(C(OC2COC2C)[C@@H](O)CN/C=C(\C=N)c2ccc(Cl)c(F)c2F)n(-c2cc(Cl)ccc2C)n1. The predicted molar refractivity (Wildman–Crippen MR) is 141 cm³/mol. The Labute approximate surface area is 228 Å². The van der Waals surface area contributed by atoms with Gasteiger partial charge in [0.25, 0.3) is 0 Å². The predicted octanol–water partition coefficient (Wildman–Crippen LogP) is 4.96. The number of nitrogens with zero attached hydrogens (tertiary/aromatic N) is 3. The number of aliphatic hydroxyl groups is 1. The Kier molecular flexibility index (Phi) is 8.79. The summed E-state index contributed by atoms with van der Waals surface area (Å²) in [6, 6.07) is 7.87. The molecule has 0 radical (unpaired) electrons. The Morgan fingerprint density at radius 1 is 1.29 bits per heavy atom. The number of hydrogen-bond donors (Lipinski definition) is 3. The van der Waals surface area contributed by atoms with E-state index >= 15 is 0 Å². The average molecular weight is 566 g/mol. The Morgan fingerprint density at radius 3 is 2.71 bits per heavy atom. The normalized spacial score (nSPS) is 19.1. The molecule has 1 aliphatic heterocycles. The van der Waals surface area contributed by atoms with E-state index in [0.29, 0.717) is 29.0 Å². The summed E-state index contributed by atoms with van der Waals surface area (Å²) in [4.78, 5) is 4.55. The zero-order valence-electron chi connectivity index (χ0n) is 20.9. The standard InChI is InChI=1S/C26H27Cl2F2N5O3/c1-13-4-5-17(27)8-20(13)35-26(33-15(3)34-35)25(38-22-12-37-14(22)2)21(36)11-32-10-16(9-31)18-6-7-19(28)24(30)23(18)29/h4-10,14,21-22,25,31-32,36H,11-12H2,1-3H3/b16-10+,31-9?/t14?,21-,22?,25?/m0/s1. The fourth-order valence-electron chi connectivity index (χ4n) is 3.98. The second-order valence-electron chi connectivity index (χ2n) is 8.94. The third-order valence-corrected chi connectivity index (χ3v) is 6.72. The molecule has 3 aromatic rings. The molecule has 1 aromatic heterocycles. The molecule has 4 atom stereocenters. The van der Waals surface area contributed by atoms with Crippen LogP contribution >= 0.6 is 23.2 Å². The third-order valence-electron chi connectivity index (χ3n) is 6.20. The summed E-state index contributed by atoms with van der Waals surface area (Å²) in [5.41, 5.74) is 1.48. The monoisotopic (exact) mass is 565 g/mol. The molecule has 3 unspecified atom stereocenters. The van der Waals surface area contributed by atoms with Crippen LogP contribution in [0.25, 0.3) is 11.3 Å². The zero-order chi connectivity index (χ0) is 27.6. The van der Waals surface area contributed by atoms with Gasteiger partial charge in [-0.3, -0.25) is 0 Å². The van der Waals surface area contributed by atoms with E-state index in [2.05, 4.69) is 15.4 Å². The van der Waals surface area contributed by atoms with E-state index in [1.54, 1.807) is 23.7 Å². The minimum atomic E-state index is -1.20. The van der Waals surface area contributed by atoms with Crippen LogP contribution in [0.1, 0.15) is 35.8 Å². The van der Waals surface area contributed by atoms with Gasteiger partial charge in [-0.1, -0.05) is 29.3 Å². The molecule has 38 heavy (non-hydrogen) atoms. The van der Waals surface area contributed by atoms with E-state index in [-0.39, 0.29) is 34.9 Å². The average Bonchev–Trinajstić information content (AvgIpc) is 3.27. The number of ether oxygens (including phenoxy) is 2. The molecule has 0 amide bonds. The van der Waals surface area contributed by atoms with Gasteiger partial charge in [-0.15, -0.1) is 0 Å². The van der Waals surface area contributed by atoms with Crippen LogP contribution in [-0.2, 0) is 9.47 Å². The molecule has 202 valence electrons. The summed E-state index contributed by atoms with van der Waals surface area (Å²) in [7, 11) is 0. The van der Waals surface area contributed by atoms with Gasteiger partial charge >= 0.3 is 0 Å². The summed E-state index contributed by atoms with van der Waals surface area (Å²) < 4.78 is 41.6. The highest BCUT2D eigenvalue weighted by Crippen LogP contribution is 2.30. The van der Waals surface area contributed by atoms with Gasteiger partial charge in [0.05, 0.1) is 23.4 Å². The molecule has 0 spiro atoms. The molecule has 1 fully saturated rings. The summed E-state index contributed by atoms with van der Waals surface area (Å²) in [6.07, 6.45) is -0.353. The number of nitrogens with one attached hydrogen (secondary N) is 2. The van der Waals surface area contributed by atoms with E-state index < -0.39 is 23.8 Å². The lowest BCUT2D eigenvalue weighted by Crippen LogP contribution is -2.47. The number of rotatable bonds is 10. The van der Waals surface area contributed by atoms with Gasteiger partial charge in [-0.25, -0.2) is 18.4 Å². The largest absolute Gasteiger partial charge is 0.388 e. The molecule has 8 nitrogen and oxygen atoms in total. The molecule has 2 aromatic carbocycles. The van der Waals surface area contributed by atoms with Crippen LogP contribution in [-0.4, -0.2) is 57.5 Å². The molecular weight excluding hydrogens is 539 g/mol. The van der Waals surface area contributed by atoms with Crippen LogP contribution in [0.3, 0.4) is 0 Å². The molecule has 2 heterocycles. The number of allylic oxidation sites excluding steroid dienone is 1. The number of aromatic nitrogens is 3. The van der Waals surface area contributed by atoms with Gasteiger partial charge in [-0.05, 0) is 50.6 Å². The maximum atomic E-state index is 14.4. The van der Waals surface area contributed by atoms with Crippen LogP contribution < -0.4 is 5.32 Å². The quantitative estimate of drug-likeness (QED) is 0.237. The second-order valence-corrected chi connectivity index (χ2v) is 9.78. The van der Waals surface area contributed by atoms with Crippen molar-refractivity contribution < 1.29 is 23.4 Å². The minimum absolute atomic E-state index is 0.0531. The fraction of sp³-hybridized carbons (Fsp3) is 0.346. The van der Waals surface area contributed by atoms with Crippen molar-refractivity contribution in [1.29, 1.82) is 5.41 Å². The Balaban J connectivity index is 1.62. The third kappa shape index (κ3) is 5.89. The zero-order valence-corrected chi connectivity index (χ0v) is 22.4. The van der Waals surface area contributed by atoms with Crippen molar-refractivity contribution in [3.05, 3.63) is 81.0 Å². The van der Waals surface area contributed by atoms with Crippen LogP contribution in [0.5, 0.6) is 0 Å². The van der Waals surface area contributed by atoms with Crippen LogP contribution in [0.2, 0.25) is 10.0 Å². The molecule has 0 bridgehead atoms. The highest BCUT2D eigenvalue weighted by atomic mass is 35.5. The molecule has 0 saturated carbocycles. The summed E-state index contributed by atoms with van der Waals surface area (Å²) in [5, 5.41) is 26.4. The van der Waals surface area contributed by atoms with Crippen molar-refractivity contribution in [2.75, 3.05) is 13.2 Å². The van der Waals surface area contributed by atoms with Crippen molar-refractivity contribution in [2.45, 2.75) is 45.2 Å². The number of aliphatic hydroxyl groups excluding tert-OH is 1. The van der Waals surface area contributed by atoms with Crippen molar-refractivity contribution >= 4 is 35.0 Å². The number of hydrogen-bond acceptors (Lipinski definition) is 7. The number of aryl methyl sites for hydroxylation is 2. The fourth-order valence-corrected chi connectivity index (χ4v) is 4.29. The van der Waals surface area contributed by atoms with E-state index in [1.807, 2.05) is 19.9 Å². The Bertz CT molecular complexity index is 1370. The number of benzene rings is 2. The lowest BCUT2D eigenvalue weighted by molar-refractivity contribution is -0.216. The Morgan fingerprint density at radius 2 is 2.05 bits per heavy atom. The van der Waals surface area contributed by atoms with Gasteiger partial charge in [0, 0.05) is 35.1 Å². The van der Waals surface area contributed by atoms with Crippen molar-refractivity contribution in [1.82, 2.24) is 20.1 Å². The lowest BCUT2D eigenvalue weighted by atomic mass is 10.1. The smallest absolute Gasteiger partial charge is 0.178 e. The first-order valence-electron chi connectivity index (χ1n) is 11.8. The van der Waals surface area contributed by atoms with Crippen molar-refractivity contribution in [2.24, 2.45) is 0 Å². The Hall–Kier alpha value is -2.89. The summed E-state index contributed by atoms with van der Waals surface area (Å²) >= 11 is 11.9.